The molecule has 0 unspecified atom stereocenters. The Balaban J connectivity index is 1.84. The van der Waals surface area contributed by atoms with Crippen LogP contribution in [-0.4, -0.2) is 32.1 Å². The maximum Gasteiger partial charge on any atom is 0.222 e. The molecule has 0 fully saturated rings. The highest BCUT2D eigenvalue weighted by Crippen LogP contribution is 2.13. The lowest BCUT2D eigenvalue weighted by molar-refractivity contribution is -0.132. The molecule has 0 radical (unpaired) electrons. The Morgan fingerprint density at radius 2 is 2.33 bits per heavy atom. The van der Waals surface area contributed by atoms with Gasteiger partial charge in [-0.1, -0.05) is 13.8 Å². The summed E-state index contributed by atoms with van der Waals surface area (Å²) in [7, 11) is 0. The minimum Gasteiger partial charge on any atom is -0.338 e. The third kappa shape index (κ3) is 5.30. The smallest absolute Gasteiger partial charge is 0.222 e. The summed E-state index contributed by atoms with van der Waals surface area (Å²) >= 11 is 1.67. The van der Waals surface area contributed by atoms with Crippen LogP contribution in [0.25, 0.3) is 0 Å². The molecule has 0 aromatic carbocycles. The van der Waals surface area contributed by atoms with E-state index in [0.29, 0.717) is 18.9 Å². The molecule has 5 nitrogen and oxygen atoms in total. The van der Waals surface area contributed by atoms with Gasteiger partial charge in [0.15, 0.2) is 0 Å². The Hall–Kier alpha value is -1.69. The Morgan fingerprint density at radius 1 is 1.48 bits per heavy atom. The van der Waals surface area contributed by atoms with Gasteiger partial charge in [0.2, 0.25) is 5.91 Å². The van der Waals surface area contributed by atoms with E-state index in [9.17, 15) is 4.79 Å². The van der Waals surface area contributed by atoms with E-state index >= 15 is 0 Å². The Labute approximate surface area is 129 Å². The van der Waals surface area contributed by atoms with Crippen molar-refractivity contribution >= 4 is 17.2 Å². The molecule has 114 valence electrons. The standard InChI is InChI=1S/C15H22N4OS/c1-13(2)8-18(9-14-5-7-21-10-14)15(20)4-3-6-19-12-16-11-17-19/h5,7,10-13H,3-4,6,8-9H2,1-2H3. The van der Waals surface area contributed by atoms with Crippen LogP contribution in [0.1, 0.15) is 32.3 Å². The molecule has 0 atom stereocenters. The van der Waals surface area contributed by atoms with Crippen molar-refractivity contribution in [3.63, 3.8) is 0 Å². The van der Waals surface area contributed by atoms with Crippen molar-refractivity contribution in [2.75, 3.05) is 6.54 Å². The lowest BCUT2D eigenvalue weighted by Crippen LogP contribution is -2.33. The minimum atomic E-state index is 0.218. The molecule has 1 amide bonds. The van der Waals surface area contributed by atoms with Crippen LogP contribution in [0.3, 0.4) is 0 Å². The van der Waals surface area contributed by atoms with E-state index in [4.69, 9.17) is 0 Å². The van der Waals surface area contributed by atoms with E-state index in [-0.39, 0.29) is 5.91 Å². The fourth-order valence-electron chi connectivity index (χ4n) is 2.20. The van der Waals surface area contributed by atoms with Crippen LogP contribution in [0.4, 0.5) is 0 Å². The summed E-state index contributed by atoms with van der Waals surface area (Å²) < 4.78 is 1.76. The molecule has 6 heteroatoms. The first-order valence-electron chi connectivity index (χ1n) is 7.26. The van der Waals surface area contributed by atoms with Crippen molar-refractivity contribution in [3.8, 4) is 0 Å². The monoisotopic (exact) mass is 306 g/mol. The van der Waals surface area contributed by atoms with E-state index in [2.05, 4.69) is 40.8 Å². The molecule has 0 bridgehead atoms. The van der Waals surface area contributed by atoms with Crippen LogP contribution in [0.5, 0.6) is 0 Å². The molecule has 0 saturated carbocycles. The average molecular weight is 306 g/mol. The number of hydrogen-bond donors (Lipinski definition) is 0. The summed E-state index contributed by atoms with van der Waals surface area (Å²) in [5, 5.41) is 8.21. The first kappa shape index (κ1) is 15.7. The predicted molar refractivity (Wildman–Crippen MR) is 83.8 cm³/mol. The van der Waals surface area contributed by atoms with Crippen molar-refractivity contribution in [1.82, 2.24) is 19.7 Å². The summed E-state index contributed by atoms with van der Waals surface area (Å²) in [5.74, 6) is 0.693. The molecule has 0 aliphatic carbocycles. The molecular formula is C15H22N4OS. The topological polar surface area (TPSA) is 51.0 Å². The predicted octanol–water partition coefficient (Wildman–Crippen LogP) is 2.80. The largest absolute Gasteiger partial charge is 0.338 e. The Bertz CT molecular complexity index is 522. The second kappa shape index (κ2) is 7.93. The fraction of sp³-hybridized carbons (Fsp3) is 0.533. The quantitative estimate of drug-likeness (QED) is 0.753. The Kier molecular flexibility index (Phi) is 5.92. The second-order valence-corrected chi connectivity index (χ2v) is 6.34. The third-order valence-electron chi connectivity index (χ3n) is 3.14. The molecule has 0 aliphatic heterocycles. The maximum atomic E-state index is 12.4. The molecule has 2 aromatic heterocycles. The van der Waals surface area contributed by atoms with Crippen LogP contribution in [0.15, 0.2) is 29.5 Å². The average Bonchev–Trinajstić information content (AvgIpc) is 3.10. The van der Waals surface area contributed by atoms with Crippen molar-refractivity contribution < 1.29 is 4.79 Å². The van der Waals surface area contributed by atoms with Gasteiger partial charge in [0.1, 0.15) is 12.7 Å². The number of carbonyl (C=O) groups excluding carboxylic acids is 1. The first-order chi connectivity index (χ1) is 10.1. The van der Waals surface area contributed by atoms with E-state index in [1.807, 2.05) is 4.90 Å². The van der Waals surface area contributed by atoms with E-state index in [1.165, 1.54) is 11.9 Å². The molecule has 2 heterocycles. The summed E-state index contributed by atoms with van der Waals surface area (Å²) in [4.78, 5) is 18.3. The van der Waals surface area contributed by atoms with Crippen molar-refractivity contribution in [2.24, 2.45) is 5.92 Å². The van der Waals surface area contributed by atoms with Crippen LogP contribution in [-0.2, 0) is 17.9 Å². The number of nitrogens with zero attached hydrogens (tertiary/aromatic N) is 4. The van der Waals surface area contributed by atoms with Crippen molar-refractivity contribution in [3.05, 3.63) is 35.0 Å². The summed E-state index contributed by atoms with van der Waals surface area (Å²) in [6.07, 6.45) is 4.54. The normalized spacial score (nSPS) is 11.0. The summed E-state index contributed by atoms with van der Waals surface area (Å²) in [5.41, 5.74) is 1.21. The zero-order valence-electron chi connectivity index (χ0n) is 12.6. The number of thiophene rings is 1. The highest BCUT2D eigenvalue weighted by molar-refractivity contribution is 7.07. The SMILES string of the molecule is CC(C)CN(Cc1ccsc1)C(=O)CCCn1cncn1. The fourth-order valence-corrected chi connectivity index (χ4v) is 2.86. The highest BCUT2D eigenvalue weighted by atomic mass is 32.1. The molecule has 0 aliphatic rings. The van der Waals surface area contributed by atoms with E-state index in [1.54, 1.807) is 22.3 Å². The maximum absolute atomic E-state index is 12.4. The summed E-state index contributed by atoms with van der Waals surface area (Å²) in [6.45, 7) is 6.54. The zero-order valence-corrected chi connectivity index (χ0v) is 13.4. The summed E-state index contributed by atoms with van der Waals surface area (Å²) in [6, 6.07) is 2.08. The number of aromatic nitrogens is 3. The van der Waals surface area contributed by atoms with Gasteiger partial charge in [0.05, 0.1) is 0 Å². The number of carbonyl (C=O) groups is 1. The van der Waals surface area contributed by atoms with Crippen molar-refractivity contribution in [2.45, 2.75) is 39.8 Å². The second-order valence-electron chi connectivity index (χ2n) is 5.56. The first-order valence-corrected chi connectivity index (χ1v) is 8.20. The van der Waals surface area contributed by atoms with Gasteiger partial charge in [-0.2, -0.15) is 16.4 Å². The van der Waals surface area contributed by atoms with Crippen LogP contribution in [0.2, 0.25) is 0 Å². The van der Waals surface area contributed by atoms with Gasteiger partial charge in [-0.3, -0.25) is 9.48 Å². The highest BCUT2D eigenvalue weighted by Gasteiger charge is 2.15. The van der Waals surface area contributed by atoms with Gasteiger partial charge < -0.3 is 4.90 Å². The molecule has 2 aromatic rings. The molecular weight excluding hydrogens is 284 g/mol. The third-order valence-corrected chi connectivity index (χ3v) is 3.87. The van der Waals surface area contributed by atoms with E-state index in [0.717, 1.165) is 19.5 Å². The van der Waals surface area contributed by atoms with Crippen molar-refractivity contribution in [1.29, 1.82) is 0 Å². The minimum absolute atomic E-state index is 0.218. The van der Waals surface area contributed by atoms with Gasteiger partial charge >= 0.3 is 0 Å². The molecule has 0 N–H and O–H groups in total. The van der Waals surface area contributed by atoms with Gasteiger partial charge in [0, 0.05) is 26.1 Å². The van der Waals surface area contributed by atoms with Crippen LogP contribution in [0, 0.1) is 5.92 Å². The van der Waals surface area contributed by atoms with E-state index < -0.39 is 0 Å². The molecule has 0 saturated heterocycles. The van der Waals surface area contributed by atoms with Crippen LogP contribution >= 0.6 is 11.3 Å². The van der Waals surface area contributed by atoms with Crippen LogP contribution < -0.4 is 0 Å². The molecule has 2 rings (SSSR count). The van der Waals surface area contributed by atoms with Gasteiger partial charge in [-0.05, 0) is 34.7 Å². The molecule has 0 spiro atoms. The number of aryl methyl sites for hydroxylation is 1. The zero-order chi connectivity index (χ0) is 15.1. The number of hydrogen-bond acceptors (Lipinski definition) is 4. The van der Waals surface area contributed by atoms with Gasteiger partial charge in [-0.15, -0.1) is 0 Å². The van der Waals surface area contributed by atoms with Gasteiger partial charge in [-0.25, -0.2) is 4.98 Å². The molecule has 21 heavy (non-hydrogen) atoms. The number of amides is 1. The lowest BCUT2D eigenvalue weighted by Gasteiger charge is -2.24. The Morgan fingerprint density at radius 3 is 2.95 bits per heavy atom. The lowest BCUT2D eigenvalue weighted by atomic mass is 10.1. The number of rotatable bonds is 8. The van der Waals surface area contributed by atoms with Gasteiger partial charge in [0.25, 0.3) is 0 Å².